The molecule has 0 atom stereocenters. The summed E-state index contributed by atoms with van der Waals surface area (Å²) in [7, 11) is 3.07. The first-order valence-electron chi connectivity index (χ1n) is 3.93. The highest BCUT2D eigenvalue weighted by Gasteiger charge is 2.13. The smallest absolute Gasteiger partial charge is 0.167 e. The van der Waals surface area contributed by atoms with Crippen LogP contribution in [0.1, 0.15) is 6.92 Å². The summed E-state index contributed by atoms with van der Waals surface area (Å²) in [6, 6.07) is 0. The molecule has 0 aromatic carbocycles. The van der Waals surface area contributed by atoms with E-state index in [1.165, 1.54) is 14.2 Å². The molecule has 14 heavy (non-hydrogen) atoms. The minimum Gasteiger partial charge on any atom is -0.495 e. The van der Waals surface area contributed by atoms with Gasteiger partial charge in [0.1, 0.15) is 5.76 Å². The lowest BCUT2D eigenvalue weighted by Crippen LogP contribution is -1.90. The Labute approximate surface area is 93.1 Å². The highest BCUT2D eigenvalue weighted by Crippen LogP contribution is 2.29. The van der Waals surface area contributed by atoms with Crippen LogP contribution >= 0.6 is 23.2 Å². The minimum absolute atomic E-state index is 0.426. The molecule has 1 aliphatic rings. The van der Waals surface area contributed by atoms with E-state index in [4.69, 9.17) is 32.7 Å². The van der Waals surface area contributed by atoms with Crippen molar-refractivity contribution in [2.24, 2.45) is 0 Å². The predicted octanol–water partition coefficient (Wildman–Crippen LogP) is 3.30. The van der Waals surface area contributed by atoms with Crippen molar-refractivity contribution in [1.29, 1.82) is 0 Å². The van der Waals surface area contributed by atoms with Crippen LogP contribution in [0.4, 0.5) is 0 Å². The van der Waals surface area contributed by atoms with Crippen LogP contribution in [0.3, 0.4) is 0 Å². The Morgan fingerprint density at radius 1 is 1.21 bits per heavy atom. The molecule has 0 fully saturated rings. The molecule has 0 radical (unpaired) electrons. The molecule has 0 saturated heterocycles. The van der Waals surface area contributed by atoms with Gasteiger partial charge in [-0.15, -0.1) is 0 Å². The third-order valence-corrected chi connectivity index (χ3v) is 2.66. The molecule has 0 amide bonds. The summed E-state index contributed by atoms with van der Waals surface area (Å²) in [6.45, 7) is 1.79. The van der Waals surface area contributed by atoms with E-state index in [1.807, 2.05) is 0 Å². The Morgan fingerprint density at radius 3 is 2.36 bits per heavy atom. The second kappa shape index (κ2) is 4.61. The number of methoxy groups -OCH3 is 2. The maximum Gasteiger partial charge on any atom is 0.167 e. The first-order chi connectivity index (χ1) is 6.60. The molecule has 1 aliphatic carbocycles. The van der Waals surface area contributed by atoms with E-state index in [0.717, 1.165) is 0 Å². The highest BCUT2D eigenvalue weighted by molar-refractivity contribution is 6.36. The molecule has 0 aromatic heterocycles. The number of rotatable bonds is 2. The number of ether oxygens (including phenoxy) is 2. The van der Waals surface area contributed by atoms with E-state index in [9.17, 15) is 0 Å². The van der Waals surface area contributed by atoms with Crippen LogP contribution < -0.4 is 0 Å². The van der Waals surface area contributed by atoms with Crippen LogP contribution in [0.15, 0.2) is 39.0 Å². The van der Waals surface area contributed by atoms with Gasteiger partial charge in [0.25, 0.3) is 0 Å². The van der Waals surface area contributed by atoms with Gasteiger partial charge in [0.2, 0.25) is 0 Å². The zero-order valence-electron chi connectivity index (χ0n) is 8.15. The third-order valence-electron chi connectivity index (χ3n) is 1.81. The fourth-order valence-corrected chi connectivity index (χ4v) is 1.42. The summed E-state index contributed by atoms with van der Waals surface area (Å²) < 4.78 is 10.1. The second-order valence-corrected chi connectivity index (χ2v) is 3.41. The van der Waals surface area contributed by atoms with Crippen molar-refractivity contribution in [3.8, 4) is 0 Å². The van der Waals surface area contributed by atoms with E-state index in [0.29, 0.717) is 27.2 Å². The molecule has 4 heteroatoms. The molecule has 0 heterocycles. The zero-order chi connectivity index (χ0) is 10.7. The zero-order valence-corrected chi connectivity index (χ0v) is 9.66. The van der Waals surface area contributed by atoms with Crippen LogP contribution in [-0.2, 0) is 9.47 Å². The maximum absolute atomic E-state index is 6.03. The van der Waals surface area contributed by atoms with Gasteiger partial charge < -0.3 is 9.47 Å². The third kappa shape index (κ3) is 2.16. The van der Waals surface area contributed by atoms with Crippen LogP contribution in [0, 0.1) is 0 Å². The topological polar surface area (TPSA) is 18.5 Å². The van der Waals surface area contributed by atoms with Gasteiger partial charge in [-0.3, -0.25) is 0 Å². The molecule has 1 rings (SSSR count). The molecule has 0 aliphatic heterocycles. The van der Waals surface area contributed by atoms with Gasteiger partial charge in [-0.05, 0) is 12.5 Å². The monoisotopic (exact) mass is 232 g/mol. The Balaban J connectivity index is 3.31. The lowest BCUT2D eigenvalue weighted by Gasteiger charge is -2.05. The molecule has 0 N–H and O–H groups in total. The van der Waals surface area contributed by atoms with Crippen LogP contribution in [0.5, 0.6) is 0 Å². The average molecular weight is 233 g/mol. The summed E-state index contributed by atoms with van der Waals surface area (Å²) in [6.07, 6.45) is 1.64. The molecule has 76 valence electrons. The fraction of sp³-hybridized carbons (Fsp3) is 0.300. The van der Waals surface area contributed by atoms with Gasteiger partial charge in [-0.2, -0.15) is 0 Å². The lowest BCUT2D eigenvalue weighted by atomic mass is 10.2. The summed E-state index contributed by atoms with van der Waals surface area (Å²) in [5, 5.41) is 0.896. The number of hydrogen-bond acceptors (Lipinski definition) is 2. The van der Waals surface area contributed by atoms with Gasteiger partial charge in [0.05, 0.1) is 24.3 Å². The predicted molar refractivity (Wildman–Crippen MR) is 57.0 cm³/mol. The van der Waals surface area contributed by atoms with Gasteiger partial charge in [-0.25, -0.2) is 0 Å². The fourth-order valence-electron chi connectivity index (χ4n) is 0.960. The van der Waals surface area contributed by atoms with Gasteiger partial charge in [-0.1, -0.05) is 28.9 Å². The average Bonchev–Trinajstić information content (AvgIpc) is 2.30. The standard InChI is InChI=1S/C10H10Cl2O2/c1-6-8(11)4-7(13-2)5-9(14-3)10(6)12/h5H,1-3H3. The largest absolute Gasteiger partial charge is 0.495 e. The Bertz CT molecular complexity index is 372. The molecular formula is C10H10Cl2O2. The summed E-state index contributed by atoms with van der Waals surface area (Å²) in [5.41, 5.74) is 3.57. The van der Waals surface area contributed by atoms with Crippen molar-refractivity contribution in [1.82, 2.24) is 0 Å². The van der Waals surface area contributed by atoms with Crippen molar-refractivity contribution in [3.05, 3.63) is 39.0 Å². The van der Waals surface area contributed by atoms with Crippen molar-refractivity contribution in [2.45, 2.75) is 6.92 Å². The van der Waals surface area contributed by atoms with E-state index in [-0.39, 0.29) is 0 Å². The van der Waals surface area contributed by atoms with Gasteiger partial charge >= 0.3 is 0 Å². The summed E-state index contributed by atoms with van der Waals surface area (Å²) in [5.74, 6) is 1.01. The van der Waals surface area contributed by atoms with E-state index >= 15 is 0 Å². The number of hydrogen-bond donors (Lipinski definition) is 0. The van der Waals surface area contributed by atoms with Crippen LogP contribution in [-0.4, -0.2) is 14.2 Å². The molecule has 0 aromatic rings. The van der Waals surface area contributed by atoms with Crippen molar-refractivity contribution in [3.63, 3.8) is 0 Å². The first kappa shape index (κ1) is 11.3. The Morgan fingerprint density at radius 2 is 1.86 bits per heavy atom. The van der Waals surface area contributed by atoms with Crippen molar-refractivity contribution >= 4 is 23.2 Å². The van der Waals surface area contributed by atoms with Crippen LogP contribution in [0.2, 0.25) is 0 Å². The van der Waals surface area contributed by atoms with Gasteiger partial charge in [0.15, 0.2) is 5.76 Å². The van der Waals surface area contributed by atoms with Crippen LogP contribution in [0.25, 0.3) is 0 Å². The van der Waals surface area contributed by atoms with E-state index in [2.05, 4.69) is 5.73 Å². The molecule has 0 bridgehead atoms. The molecular weight excluding hydrogens is 223 g/mol. The number of allylic oxidation sites excluding steroid dienone is 3. The number of halogens is 2. The van der Waals surface area contributed by atoms with Gasteiger partial charge in [0, 0.05) is 6.08 Å². The van der Waals surface area contributed by atoms with Crippen molar-refractivity contribution < 1.29 is 9.47 Å². The van der Waals surface area contributed by atoms with E-state index in [1.54, 1.807) is 13.0 Å². The Hall–Kier alpha value is -0.820. The SMILES string of the molecule is COC1=C=C(Cl)C(C)=C(Cl)C(OC)=C1. The normalized spacial score (nSPS) is 16.8. The molecule has 0 spiro atoms. The lowest BCUT2D eigenvalue weighted by molar-refractivity contribution is 0.285. The maximum atomic E-state index is 6.03. The first-order valence-corrected chi connectivity index (χ1v) is 4.69. The minimum atomic E-state index is 0.426. The summed E-state index contributed by atoms with van der Waals surface area (Å²) in [4.78, 5) is 0. The second-order valence-electron chi connectivity index (χ2n) is 2.66. The Kier molecular flexibility index (Phi) is 3.70. The van der Waals surface area contributed by atoms with E-state index < -0.39 is 0 Å². The highest BCUT2D eigenvalue weighted by atomic mass is 35.5. The summed E-state index contributed by atoms with van der Waals surface area (Å²) >= 11 is 12.0. The van der Waals surface area contributed by atoms with Crippen molar-refractivity contribution in [2.75, 3.05) is 14.2 Å². The molecule has 2 nitrogen and oxygen atoms in total. The molecule has 0 unspecified atom stereocenters. The molecule has 0 saturated carbocycles. The quantitative estimate of drug-likeness (QED) is 0.681.